The van der Waals surface area contributed by atoms with E-state index in [1.807, 2.05) is 23.1 Å². The van der Waals surface area contributed by atoms with Gasteiger partial charge in [-0.2, -0.15) is 0 Å². The number of rotatable bonds is 6. The Morgan fingerprint density at radius 2 is 1.95 bits per heavy atom. The molecule has 1 aliphatic rings. The molecular formula is C16H25ClN2OS. The Hall–Kier alpha value is -0.710. The van der Waals surface area contributed by atoms with Gasteiger partial charge in [0.25, 0.3) is 0 Å². The Morgan fingerprint density at radius 1 is 1.29 bits per heavy atom. The molecule has 0 spiro atoms. The number of piperidine rings is 1. The van der Waals surface area contributed by atoms with Gasteiger partial charge in [-0.3, -0.25) is 4.79 Å². The van der Waals surface area contributed by atoms with Crippen LogP contribution in [-0.2, 0) is 4.79 Å². The molecule has 1 amide bonds. The second-order valence-electron chi connectivity index (χ2n) is 5.23. The van der Waals surface area contributed by atoms with Crippen LogP contribution in [0.15, 0.2) is 35.2 Å². The van der Waals surface area contributed by atoms with Gasteiger partial charge in [-0.1, -0.05) is 25.1 Å². The molecule has 0 saturated carbocycles. The van der Waals surface area contributed by atoms with Crippen molar-refractivity contribution < 1.29 is 4.79 Å². The molecule has 1 fully saturated rings. The third-order valence-corrected chi connectivity index (χ3v) is 4.75. The molecule has 0 atom stereocenters. The SMILES string of the molecule is CCNCC1CCN(C(=O)CSc2ccccc2)CC1.Cl. The maximum Gasteiger partial charge on any atom is 0.232 e. The van der Waals surface area contributed by atoms with Crippen LogP contribution >= 0.6 is 24.2 Å². The summed E-state index contributed by atoms with van der Waals surface area (Å²) in [7, 11) is 0. The fraction of sp³-hybridized carbons (Fsp3) is 0.562. The van der Waals surface area contributed by atoms with Crippen molar-refractivity contribution in [1.29, 1.82) is 0 Å². The van der Waals surface area contributed by atoms with Gasteiger partial charge in [0.2, 0.25) is 5.91 Å². The Balaban J connectivity index is 0.00000220. The Morgan fingerprint density at radius 3 is 2.57 bits per heavy atom. The first kappa shape index (κ1) is 18.3. The van der Waals surface area contributed by atoms with Crippen molar-refractivity contribution in [3.05, 3.63) is 30.3 Å². The zero-order valence-electron chi connectivity index (χ0n) is 12.6. The normalized spacial score (nSPS) is 15.6. The molecule has 1 aromatic carbocycles. The molecule has 1 heterocycles. The van der Waals surface area contributed by atoms with Gasteiger partial charge < -0.3 is 10.2 Å². The lowest BCUT2D eigenvalue weighted by atomic mass is 9.97. The van der Waals surface area contributed by atoms with Gasteiger partial charge in [0.1, 0.15) is 0 Å². The van der Waals surface area contributed by atoms with Gasteiger partial charge in [-0.25, -0.2) is 0 Å². The van der Waals surface area contributed by atoms with Gasteiger partial charge in [-0.05, 0) is 44.0 Å². The van der Waals surface area contributed by atoms with Gasteiger partial charge in [0.05, 0.1) is 5.75 Å². The van der Waals surface area contributed by atoms with Crippen molar-refractivity contribution in [3.63, 3.8) is 0 Å². The molecule has 0 aromatic heterocycles. The number of thioether (sulfide) groups is 1. The van der Waals surface area contributed by atoms with E-state index in [-0.39, 0.29) is 18.3 Å². The van der Waals surface area contributed by atoms with Crippen molar-refractivity contribution in [1.82, 2.24) is 10.2 Å². The molecule has 0 bridgehead atoms. The number of carbonyl (C=O) groups excluding carboxylic acids is 1. The van der Waals surface area contributed by atoms with Crippen LogP contribution in [0.3, 0.4) is 0 Å². The first-order valence-corrected chi connectivity index (χ1v) is 8.44. The first-order valence-electron chi connectivity index (χ1n) is 7.46. The van der Waals surface area contributed by atoms with E-state index in [1.54, 1.807) is 11.8 Å². The predicted molar refractivity (Wildman–Crippen MR) is 92.3 cm³/mol. The van der Waals surface area contributed by atoms with E-state index < -0.39 is 0 Å². The number of benzene rings is 1. The number of carbonyl (C=O) groups is 1. The van der Waals surface area contributed by atoms with Crippen molar-refractivity contribution in [2.45, 2.75) is 24.7 Å². The molecule has 5 heteroatoms. The summed E-state index contributed by atoms with van der Waals surface area (Å²) in [4.78, 5) is 15.4. The number of hydrogen-bond acceptors (Lipinski definition) is 3. The van der Waals surface area contributed by atoms with Gasteiger partial charge in [0.15, 0.2) is 0 Å². The van der Waals surface area contributed by atoms with Crippen LogP contribution < -0.4 is 5.32 Å². The highest BCUT2D eigenvalue weighted by Crippen LogP contribution is 2.20. The minimum absolute atomic E-state index is 0. The summed E-state index contributed by atoms with van der Waals surface area (Å²) in [6.07, 6.45) is 2.27. The van der Waals surface area contributed by atoms with Crippen LogP contribution in [0.25, 0.3) is 0 Å². The largest absolute Gasteiger partial charge is 0.342 e. The minimum Gasteiger partial charge on any atom is -0.342 e. The van der Waals surface area contributed by atoms with Crippen LogP contribution in [0.2, 0.25) is 0 Å². The van der Waals surface area contributed by atoms with E-state index in [0.29, 0.717) is 5.75 Å². The standard InChI is InChI=1S/C16H24N2OS.ClH/c1-2-17-12-14-8-10-18(11-9-14)16(19)13-20-15-6-4-3-5-7-15;/h3-7,14,17H,2,8-13H2,1H3;1H. The average Bonchev–Trinajstić information content (AvgIpc) is 2.52. The molecule has 1 N–H and O–H groups in total. The number of nitrogens with one attached hydrogen (secondary N) is 1. The lowest BCUT2D eigenvalue weighted by Crippen LogP contribution is -2.41. The van der Waals surface area contributed by atoms with Crippen LogP contribution in [0, 0.1) is 5.92 Å². The molecule has 3 nitrogen and oxygen atoms in total. The molecule has 0 unspecified atom stereocenters. The second-order valence-corrected chi connectivity index (χ2v) is 6.28. The van der Waals surface area contributed by atoms with E-state index in [2.05, 4.69) is 24.4 Å². The van der Waals surface area contributed by atoms with Gasteiger partial charge in [-0.15, -0.1) is 24.2 Å². The highest BCUT2D eigenvalue weighted by Gasteiger charge is 2.22. The van der Waals surface area contributed by atoms with E-state index >= 15 is 0 Å². The van der Waals surface area contributed by atoms with E-state index in [0.717, 1.165) is 44.9 Å². The Bertz CT molecular complexity index is 408. The summed E-state index contributed by atoms with van der Waals surface area (Å²) in [5.41, 5.74) is 0. The summed E-state index contributed by atoms with van der Waals surface area (Å²) in [6, 6.07) is 10.1. The molecule has 21 heavy (non-hydrogen) atoms. The quantitative estimate of drug-likeness (QED) is 0.815. The Labute approximate surface area is 138 Å². The van der Waals surface area contributed by atoms with Crippen molar-refractivity contribution in [2.75, 3.05) is 31.9 Å². The van der Waals surface area contributed by atoms with Crippen LogP contribution in [0.5, 0.6) is 0 Å². The maximum absolute atomic E-state index is 12.2. The van der Waals surface area contributed by atoms with Crippen LogP contribution in [0.4, 0.5) is 0 Å². The third kappa shape index (κ3) is 6.29. The molecule has 1 aliphatic heterocycles. The van der Waals surface area contributed by atoms with Crippen molar-refractivity contribution in [3.8, 4) is 0 Å². The number of amides is 1. The fourth-order valence-electron chi connectivity index (χ4n) is 2.49. The Kier molecular flexibility index (Phi) is 8.81. The summed E-state index contributed by atoms with van der Waals surface area (Å²) < 4.78 is 0. The lowest BCUT2D eigenvalue weighted by molar-refractivity contribution is -0.129. The van der Waals surface area contributed by atoms with Crippen molar-refractivity contribution in [2.24, 2.45) is 5.92 Å². The van der Waals surface area contributed by atoms with Gasteiger partial charge >= 0.3 is 0 Å². The monoisotopic (exact) mass is 328 g/mol. The van der Waals surface area contributed by atoms with E-state index in [9.17, 15) is 4.79 Å². The topological polar surface area (TPSA) is 32.3 Å². The smallest absolute Gasteiger partial charge is 0.232 e. The average molecular weight is 329 g/mol. The van der Waals surface area contributed by atoms with E-state index in [1.165, 1.54) is 4.90 Å². The van der Waals surface area contributed by atoms with E-state index in [4.69, 9.17) is 0 Å². The number of likely N-dealkylation sites (tertiary alicyclic amines) is 1. The number of hydrogen-bond donors (Lipinski definition) is 1. The van der Waals surface area contributed by atoms with Gasteiger partial charge in [0, 0.05) is 18.0 Å². The molecular weight excluding hydrogens is 304 g/mol. The van der Waals surface area contributed by atoms with Crippen LogP contribution in [0.1, 0.15) is 19.8 Å². The maximum atomic E-state index is 12.2. The fourth-order valence-corrected chi connectivity index (χ4v) is 3.31. The second kappa shape index (κ2) is 10.1. The zero-order valence-corrected chi connectivity index (χ0v) is 14.2. The predicted octanol–water partition coefficient (Wildman–Crippen LogP) is 3.05. The molecule has 1 aromatic rings. The molecule has 2 rings (SSSR count). The lowest BCUT2D eigenvalue weighted by Gasteiger charge is -2.32. The number of halogens is 1. The summed E-state index contributed by atoms with van der Waals surface area (Å²) in [5.74, 6) is 1.57. The first-order chi connectivity index (χ1) is 9.79. The molecule has 0 aliphatic carbocycles. The summed E-state index contributed by atoms with van der Waals surface area (Å²) in [6.45, 7) is 6.11. The highest BCUT2D eigenvalue weighted by molar-refractivity contribution is 8.00. The summed E-state index contributed by atoms with van der Waals surface area (Å²) in [5, 5.41) is 3.40. The summed E-state index contributed by atoms with van der Waals surface area (Å²) >= 11 is 1.63. The molecule has 1 saturated heterocycles. The number of nitrogens with zero attached hydrogens (tertiary/aromatic N) is 1. The molecule has 0 radical (unpaired) electrons. The third-order valence-electron chi connectivity index (χ3n) is 3.76. The van der Waals surface area contributed by atoms with Crippen LogP contribution in [-0.4, -0.2) is 42.7 Å². The zero-order chi connectivity index (χ0) is 14.2. The molecule has 118 valence electrons. The minimum atomic E-state index is 0. The van der Waals surface area contributed by atoms with Crippen molar-refractivity contribution >= 4 is 30.1 Å². The highest BCUT2D eigenvalue weighted by atomic mass is 35.5.